The normalized spacial score (nSPS) is 10.9. The van der Waals surface area contributed by atoms with Crippen LogP contribution in [-0.2, 0) is 13.0 Å². The number of para-hydroxylation sites is 2. The molecule has 156 valence electrons. The number of carbonyl (C=O) groups is 2. The highest BCUT2D eigenvalue weighted by molar-refractivity contribution is 5.96. The molecule has 0 spiro atoms. The molecule has 0 fully saturated rings. The molecule has 5 nitrogen and oxygen atoms in total. The smallest absolute Gasteiger partial charge is 0.251 e. The molecule has 1 amide bonds. The second-order valence-corrected chi connectivity index (χ2v) is 7.62. The van der Waals surface area contributed by atoms with E-state index in [4.69, 9.17) is 4.98 Å². The highest BCUT2D eigenvalue weighted by Crippen LogP contribution is 2.18. The van der Waals surface area contributed by atoms with Crippen LogP contribution in [0.4, 0.5) is 0 Å². The van der Waals surface area contributed by atoms with E-state index >= 15 is 0 Å². The summed E-state index contributed by atoms with van der Waals surface area (Å²) in [7, 11) is 0. The van der Waals surface area contributed by atoms with Crippen LogP contribution in [-0.4, -0.2) is 27.8 Å². The zero-order valence-corrected chi connectivity index (χ0v) is 17.5. The number of hydrogen-bond donors (Lipinski definition) is 1. The third-order valence-electron chi connectivity index (χ3n) is 5.31. The number of Topliss-reactive ketones (excluding diaryl/α,β-unsaturated/α-hetero) is 1. The number of imidazole rings is 1. The van der Waals surface area contributed by atoms with Crippen LogP contribution in [0.25, 0.3) is 11.0 Å². The van der Waals surface area contributed by atoms with Gasteiger partial charge in [0.1, 0.15) is 5.82 Å². The summed E-state index contributed by atoms with van der Waals surface area (Å²) in [5.41, 5.74) is 4.30. The van der Waals surface area contributed by atoms with E-state index in [1.54, 1.807) is 0 Å². The lowest BCUT2D eigenvalue weighted by molar-refractivity contribution is 0.0951. The van der Waals surface area contributed by atoms with Gasteiger partial charge in [0.25, 0.3) is 5.91 Å². The highest BCUT2D eigenvalue weighted by Gasteiger charge is 2.14. The van der Waals surface area contributed by atoms with Gasteiger partial charge in [-0.2, -0.15) is 0 Å². The molecule has 0 aliphatic rings. The first-order valence-corrected chi connectivity index (χ1v) is 10.5. The lowest BCUT2D eigenvalue weighted by Gasteiger charge is -2.10. The molecule has 0 bridgehead atoms. The molecule has 0 atom stereocenters. The topological polar surface area (TPSA) is 64.0 Å². The van der Waals surface area contributed by atoms with E-state index in [1.165, 1.54) is 0 Å². The fourth-order valence-corrected chi connectivity index (χ4v) is 3.61. The molecule has 0 aliphatic heterocycles. The second kappa shape index (κ2) is 9.39. The van der Waals surface area contributed by atoms with Crippen molar-refractivity contribution in [1.29, 1.82) is 0 Å². The first kappa shape index (κ1) is 20.5. The lowest BCUT2D eigenvalue weighted by Crippen LogP contribution is -2.25. The Morgan fingerprint density at radius 1 is 0.871 bits per heavy atom. The molecule has 1 aromatic heterocycles. The maximum atomic E-state index is 12.8. The fraction of sp³-hybridized carbons (Fsp3) is 0.192. The van der Waals surface area contributed by atoms with Crippen molar-refractivity contribution in [2.24, 2.45) is 0 Å². The minimum Gasteiger partial charge on any atom is -0.352 e. The van der Waals surface area contributed by atoms with Gasteiger partial charge in [0.15, 0.2) is 5.78 Å². The van der Waals surface area contributed by atoms with Gasteiger partial charge >= 0.3 is 0 Å². The third-order valence-corrected chi connectivity index (χ3v) is 5.31. The van der Waals surface area contributed by atoms with Gasteiger partial charge in [-0.1, -0.05) is 60.2 Å². The largest absolute Gasteiger partial charge is 0.352 e. The number of nitrogens with zero attached hydrogens (tertiary/aromatic N) is 2. The lowest BCUT2D eigenvalue weighted by atomic mass is 10.1. The summed E-state index contributed by atoms with van der Waals surface area (Å²) < 4.78 is 1.99. The van der Waals surface area contributed by atoms with E-state index in [0.29, 0.717) is 24.1 Å². The van der Waals surface area contributed by atoms with Crippen LogP contribution in [0.2, 0.25) is 0 Å². The summed E-state index contributed by atoms with van der Waals surface area (Å²) in [6, 6.07) is 24.7. The molecule has 0 saturated carbocycles. The number of aryl methyl sites for hydroxylation is 2. The summed E-state index contributed by atoms with van der Waals surface area (Å²) in [4.78, 5) is 29.8. The van der Waals surface area contributed by atoms with Crippen molar-refractivity contribution in [2.75, 3.05) is 6.54 Å². The van der Waals surface area contributed by atoms with Crippen molar-refractivity contribution in [3.63, 3.8) is 0 Å². The second-order valence-electron chi connectivity index (χ2n) is 7.62. The van der Waals surface area contributed by atoms with E-state index in [-0.39, 0.29) is 18.2 Å². The molecule has 0 saturated heterocycles. The van der Waals surface area contributed by atoms with E-state index < -0.39 is 0 Å². The Hall–Kier alpha value is -3.73. The average molecular weight is 412 g/mol. The van der Waals surface area contributed by atoms with Gasteiger partial charge in [-0.3, -0.25) is 9.59 Å². The Morgan fingerprint density at radius 3 is 2.35 bits per heavy atom. The molecule has 5 heteroatoms. The average Bonchev–Trinajstić information content (AvgIpc) is 3.15. The molecule has 0 aliphatic carbocycles. The van der Waals surface area contributed by atoms with Gasteiger partial charge in [0, 0.05) is 24.1 Å². The highest BCUT2D eigenvalue weighted by atomic mass is 16.1. The number of ketones is 1. The van der Waals surface area contributed by atoms with Crippen LogP contribution in [0, 0.1) is 6.92 Å². The molecule has 1 N–H and O–H groups in total. The summed E-state index contributed by atoms with van der Waals surface area (Å²) in [5.74, 6) is 0.834. The Balaban J connectivity index is 1.43. The van der Waals surface area contributed by atoms with Crippen molar-refractivity contribution < 1.29 is 9.59 Å². The number of carbonyl (C=O) groups excluding carboxylic acids is 2. The minimum absolute atomic E-state index is 0.0534. The summed E-state index contributed by atoms with van der Waals surface area (Å²) in [5, 5.41) is 2.97. The van der Waals surface area contributed by atoms with Crippen LogP contribution >= 0.6 is 0 Å². The number of aromatic nitrogens is 2. The number of amides is 1. The van der Waals surface area contributed by atoms with E-state index in [1.807, 2.05) is 90.4 Å². The molecule has 4 aromatic rings. The van der Waals surface area contributed by atoms with Gasteiger partial charge in [-0.25, -0.2) is 4.98 Å². The van der Waals surface area contributed by atoms with Gasteiger partial charge in [0.2, 0.25) is 0 Å². The monoisotopic (exact) mass is 411 g/mol. The number of benzene rings is 3. The third kappa shape index (κ3) is 4.89. The van der Waals surface area contributed by atoms with Crippen molar-refractivity contribution in [3.05, 3.63) is 101 Å². The number of nitrogens with one attached hydrogen (secondary N) is 1. The van der Waals surface area contributed by atoms with Crippen LogP contribution in [0.15, 0.2) is 78.9 Å². The Labute approximate surface area is 181 Å². The molecular formula is C26H25N3O2. The van der Waals surface area contributed by atoms with Crippen LogP contribution in [0.5, 0.6) is 0 Å². The van der Waals surface area contributed by atoms with Crippen LogP contribution in [0.1, 0.15) is 38.5 Å². The standard InChI is InChI=1S/C26H25N3O2/c1-19-13-15-21(16-14-19)26(31)27-17-7-12-25-28-22-10-5-6-11-23(22)29(25)18-24(30)20-8-3-2-4-9-20/h2-6,8-11,13-16H,7,12,17-18H2,1H3,(H,27,31). The van der Waals surface area contributed by atoms with Crippen LogP contribution in [0.3, 0.4) is 0 Å². The number of rotatable bonds is 8. The molecular weight excluding hydrogens is 386 g/mol. The quantitative estimate of drug-likeness (QED) is 0.341. The Kier molecular flexibility index (Phi) is 6.22. The molecule has 0 unspecified atom stereocenters. The van der Waals surface area contributed by atoms with E-state index in [2.05, 4.69) is 5.32 Å². The zero-order chi connectivity index (χ0) is 21.6. The van der Waals surface area contributed by atoms with Gasteiger partial charge in [-0.05, 0) is 37.6 Å². The Morgan fingerprint density at radius 2 is 1.58 bits per heavy atom. The maximum Gasteiger partial charge on any atom is 0.251 e. The van der Waals surface area contributed by atoms with E-state index in [9.17, 15) is 9.59 Å². The zero-order valence-electron chi connectivity index (χ0n) is 17.5. The van der Waals surface area contributed by atoms with E-state index in [0.717, 1.165) is 28.8 Å². The molecule has 3 aromatic carbocycles. The summed E-state index contributed by atoms with van der Waals surface area (Å²) in [6.45, 7) is 2.79. The maximum absolute atomic E-state index is 12.8. The first-order chi connectivity index (χ1) is 15.1. The predicted molar refractivity (Wildman–Crippen MR) is 122 cm³/mol. The van der Waals surface area contributed by atoms with Crippen molar-refractivity contribution in [3.8, 4) is 0 Å². The molecule has 31 heavy (non-hydrogen) atoms. The van der Waals surface area contributed by atoms with Crippen molar-refractivity contribution >= 4 is 22.7 Å². The number of hydrogen-bond acceptors (Lipinski definition) is 3. The SMILES string of the molecule is Cc1ccc(C(=O)NCCCc2nc3ccccc3n2CC(=O)c2ccccc2)cc1. The number of fused-ring (bicyclic) bond motifs is 1. The fourth-order valence-electron chi connectivity index (χ4n) is 3.61. The van der Waals surface area contributed by atoms with Crippen molar-refractivity contribution in [1.82, 2.24) is 14.9 Å². The minimum atomic E-state index is -0.0761. The molecule has 4 rings (SSSR count). The summed E-state index contributed by atoms with van der Waals surface area (Å²) in [6.07, 6.45) is 1.41. The Bertz CT molecular complexity index is 1190. The van der Waals surface area contributed by atoms with Crippen LogP contribution < -0.4 is 5.32 Å². The first-order valence-electron chi connectivity index (χ1n) is 10.5. The van der Waals surface area contributed by atoms with Crippen molar-refractivity contribution in [2.45, 2.75) is 26.3 Å². The van der Waals surface area contributed by atoms with Gasteiger partial charge in [-0.15, -0.1) is 0 Å². The summed E-state index contributed by atoms with van der Waals surface area (Å²) >= 11 is 0. The van der Waals surface area contributed by atoms with Gasteiger partial charge in [0.05, 0.1) is 17.6 Å². The predicted octanol–water partition coefficient (Wildman–Crippen LogP) is 4.59. The molecule has 0 radical (unpaired) electrons. The van der Waals surface area contributed by atoms with Gasteiger partial charge < -0.3 is 9.88 Å². The molecule has 1 heterocycles.